The van der Waals surface area contributed by atoms with Crippen LogP contribution in [0.1, 0.15) is 46.0 Å². The fraction of sp³-hybridized carbons (Fsp3) is 0.500. The third kappa shape index (κ3) is 3.34. The molecule has 0 aliphatic carbocycles. The first-order valence-electron chi connectivity index (χ1n) is 9.79. The molecule has 30 heavy (non-hydrogen) atoms. The van der Waals surface area contributed by atoms with Gasteiger partial charge in [-0.15, -0.1) is 11.3 Å². The molecule has 0 aromatic carbocycles. The summed E-state index contributed by atoms with van der Waals surface area (Å²) in [7, 11) is 3.46. The molecular weight excluding hydrogens is 406 g/mol. The summed E-state index contributed by atoms with van der Waals surface area (Å²) in [5.41, 5.74) is 1.64. The van der Waals surface area contributed by atoms with Gasteiger partial charge in [0, 0.05) is 31.1 Å². The van der Waals surface area contributed by atoms with E-state index in [1.54, 1.807) is 24.9 Å². The number of carbonyl (C=O) groups excluding carboxylic acids is 1. The molecule has 1 amide bonds. The summed E-state index contributed by atoms with van der Waals surface area (Å²) < 4.78 is 3.79. The summed E-state index contributed by atoms with van der Waals surface area (Å²) in [5, 5.41) is 20.4. The van der Waals surface area contributed by atoms with Gasteiger partial charge < -0.3 is 5.11 Å². The first-order valence-corrected chi connectivity index (χ1v) is 10.6. The van der Waals surface area contributed by atoms with Gasteiger partial charge in [0.1, 0.15) is 12.2 Å². The van der Waals surface area contributed by atoms with Crippen molar-refractivity contribution in [3.05, 3.63) is 43.9 Å². The van der Waals surface area contributed by atoms with Crippen molar-refractivity contribution in [2.75, 3.05) is 13.2 Å². The number of aromatic nitrogens is 4. The predicted molar refractivity (Wildman–Crippen MR) is 113 cm³/mol. The van der Waals surface area contributed by atoms with E-state index in [0.717, 1.165) is 31.6 Å². The van der Waals surface area contributed by atoms with Crippen LogP contribution < -0.4 is 5.56 Å². The van der Waals surface area contributed by atoms with Gasteiger partial charge in [-0.05, 0) is 25.8 Å². The van der Waals surface area contributed by atoms with Crippen molar-refractivity contribution >= 4 is 27.3 Å². The highest BCUT2D eigenvalue weighted by Gasteiger charge is 2.38. The van der Waals surface area contributed by atoms with Crippen LogP contribution in [-0.4, -0.2) is 54.4 Å². The molecule has 0 unspecified atom stereocenters. The van der Waals surface area contributed by atoms with Crippen molar-refractivity contribution in [1.82, 2.24) is 24.6 Å². The van der Waals surface area contributed by atoms with Gasteiger partial charge in [-0.3, -0.25) is 19.1 Å². The highest BCUT2D eigenvalue weighted by atomic mass is 32.1. The average molecular weight is 432 g/mol. The van der Waals surface area contributed by atoms with E-state index >= 15 is 0 Å². The van der Waals surface area contributed by atoms with E-state index in [-0.39, 0.29) is 18.7 Å². The maximum Gasteiger partial charge on any atom is 0.279 e. The van der Waals surface area contributed by atoms with E-state index in [9.17, 15) is 14.7 Å². The van der Waals surface area contributed by atoms with Gasteiger partial charge in [-0.1, -0.05) is 6.92 Å². The molecule has 0 radical (unpaired) electrons. The van der Waals surface area contributed by atoms with Gasteiger partial charge >= 0.3 is 0 Å². The highest BCUT2D eigenvalue weighted by molar-refractivity contribution is 7.19. The van der Waals surface area contributed by atoms with E-state index in [2.05, 4.69) is 10.2 Å². The largest absolute Gasteiger partial charge is 0.386 e. The Labute approximate surface area is 177 Å². The lowest BCUT2D eigenvalue weighted by molar-refractivity contribution is -0.0796. The molecule has 3 aromatic heterocycles. The van der Waals surface area contributed by atoms with Crippen molar-refractivity contribution in [2.45, 2.75) is 39.2 Å². The molecule has 1 atom stereocenters. The lowest BCUT2D eigenvalue weighted by Gasteiger charge is -2.16. The number of aryl methyl sites for hydroxylation is 3. The van der Waals surface area contributed by atoms with Crippen LogP contribution in [0.5, 0.6) is 0 Å². The number of fused-ring (bicyclic) bond motifs is 1. The molecule has 1 fully saturated rings. The number of carbonyl (C=O) groups is 1. The monoisotopic (exact) mass is 431 g/mol. The van der Waals surface area contributed by atoms with Crippen LogP contribution in [0, 0.1) is 6.92 Å². The van der Waals surface area contributed by atoms with Crippen molar-refractivity contribution in [3.8, 4) is 0 Å². The van der Waals surface area contributed by atoms with Crippen LogP contribution in [0.3, 0.4) is 0 Å². The fourth-order valence-corrected chi connectivity index (χ4v) is 5.02. The number of aliphatic hydroxyl groups is 1. The summed E-state index contributed by atoms with van der Waals surface area (Å²) in [5.74, 6) is -0.416. The Hall–Kier alpha value is -2.56. The van der Waals surface area contributed by atoms with E-state index in [4.69, 9.17) is 4.84 Å². The van der Waals surface area contributed by atoms with Crippen LogP contribution in [0.2, 0.25) is 0 Å². The molecular formula is C20H25N5O4S. The van der Waals surface area contributed by atoms with Crippen LogP contribution in [-0.2, 0) is 31.8 Å². The maximum atomic E-state index is 13.5. The quantitative estimate of drug-likeness (QED) is 0.669. The van der Waals surface area contributed by atoms with Gasteiger partial charge in [-0.25, -0.2) is 9.75 Å². The van der Waals surface area contributed by atoms with Crippen molar-refractivity contribution < 1.29 is 14.7 Å². The molecule has 1 saturated heterocycles. The van der Waals surface area contributed by atoms with Gasteiger partial charge in [0.05, 0.1) is 34.1 Å². The summed E-state index contributed by atoms with van der Waals surface area (Å²) in [6, 6.07) is 0. The minimum atomic E-state index is -1.12. The number of hydrogen-bond donors (Lipinski definition) is 1. The number of amides is 1. The maximum absolute atomic E-state index is 13.5. The first kappa shape index (κ1) is 20.7. The fourth-order valence-electron chi connectivity index (χ4n) is 3.66. The molecule has 1 aliphatic heterocycles. The van der Waals surface area contributed by atoms with Crippen LogP contribution >= 0.6 is 11.3 Å². The second-order valence-corrected chi connectivity index (χ2v) is 9.11. The predicted octanol–water partition coefficient (Wildman–Crippen LogP) is 1.33. The van der Waals surface area contributed by atoms with Crippen LogP contribution in [0.25, 0.3) is 10.1 Å². The minimum absolute atomic E-state index is 0.0254. The van der Waals surface area contributed by atoms with Crippen molar-refractivity contribution in [1.29, 1.82) is 0 Å². The molecule has 4 rings (SSSR count). The highest BCUT2D eigenvalue weighted by Crippen LogP contribution is 2.35. The molecule has 1 N–H and O–H groups in total. The topological polar surface area (TPSA) is 102 Å². The van der Waals surface area contributed by atoms with Gasteiger partial charge in [0.25, 0.3) is 11.5 Å². The number of β-amino-alcohol motifs (C(OH)–C–C–N with tert-alkyl or cyclic N) is 1. The average Bonchev–Trinajstić information content (AvgIpc) is 3.35. The molecule has 160 valence electrons. The normalized spacial score (nSPS) is 19.2. The SMILES string of the molecule is CCc1nn(C)c(=O)c2c(C(=O)N3C[C@](C)(O)CO3)c(Cc3cnn(C)c3C)sc12. The second kappa shape index (κ2) is 7.29. The third-order valence-electron chi connectivity index (χ3n) is 5.50. The third-order valence-corrected chi connectivity index (χ3v) is 6.74. The standard InChI is InChI=1S/C20H25N5O4S/c1-6-13-17-16(18(26)24(5)22-13)15(19(27)25-9-20(3,28)10-29-25)14(30-17)7-12-8-21-23(4)11(12)2/h8,28H,6-7,9-10H2,1-5H3/t20-/m0/s1. The second-order valence-electron chi connectivity index (χ2n) is 8.00. The van der Waals surface area contributed by atoms with Gasteiger partial charge in [0.2, 0.25) is 0 Å². The number of rotatable bonds is 4. The van der Waals surface area contributed by atoms with E-state index in [0.29, 0.717) is 23.8 Å². The van der Waals surface area contributed by atoms with E-state index in [1.165, 1.54) is 16.0 Å². The lowest BCUT2D eigenvalue weighted by atomic mass is 10.0. The molecule has 0 spiro atoms. The Balaban J connectivity index is 1.93. The zero-order valence-electron chi connectivity index (χ0n) is 17.7. The van der Waals surface area contributed by atoms with Gasteiger partial charge in [0.15, 0.2) is 0 Å². The zero-order chi connectivity index (χ0) is 21.8. The molecule has 0 bridgehead atoms. The Morgan fingerprint density at radius 1 is 1.37 bits per heavy atom. The Morgan fingerprint density at radius 3 is 2.67 bits per heavy atom. The molecule has 1 aliphatic rings. The van der Waals surface area contributed by atoms with Crippen LogP contribution in [0.4, 0.5) is 0 Å². The minimum Gasteiger partial charge on any atom is -0.386 e. The Bertz CT molecular complexity index is 1210. The molecule has 3 aromatic rings. The number of nitrogens with zero attached hydrogens (tertiary/aromatic N) is 5. The van der Waals surface area contributed by atoms with Crippen LogP contribution in [0.15, 0.2) is 11.0 Å². The zero-order valence-corrected chi connectivity index (χ0v) is 18.5. The van der Waals surface area contributed by atoms with Crippen molar-refractivity contribution in [3.63, 3.8) is 0 Å². The number of hydroxylamine groups is 2. The first-order chi connectivity index (χ1) is 14.1. The van der Waals surface area contributed by atoms with E-state index in [1.807, 2.05) is 20.9 Å². The summed E-state index contributed by atoms with van der Waals surface area (Å²) >= 11 is 1.42. The number of thiophene rings is 1. The number of hydrogen-bond acceptors (Lipinski definition) is 7. The molecule has 9 nitrogen and oxygen atoms in total. The van der Waals surface area contributed by atoms with E-state index < -0.39 is 11.5 Å². The summed E-state index contributed by atoms with van der Waals surface area (Å²) in [6.45, 7) is 5.62. The smallest absolute Gasteiger partial charge is 0.279 e. The summed E-state index contributed by atoms with van der Waals surface area (Å²) in [6.07, 6.45) is 2.89. The molecule has 4 heterocycles. The summed E-state index contributed by atoms with van der Waals surface area (Å²) in [4.78, 5) is 32.7. The molecule has 0 saturated carbocycles. The molecule has 10 heteroatoms. The van der Waals surface area contributed by atoms with Gasteiger partial charge in [-0.2, -0.15) is 10.2 Å². The van der Waals surface area contributed by atoms with Crippen molar-refractivity contribution in [2.24, 2.45) is 14.1 Å². The Kier molecular flexibility index (Phi) is 5.03. The lowest BCUT2D eigenvalue weighted by Crippen LogP contribution is -2.35. The Morgan fingerprint density at radius 2 is 2.10 bits per heavy atom.